The van der Waals surface area contributed by atoms with E-state index < -0.39 is 0 Å². The Morgan fingerprint density at radius 3 is 3.06 bits per heavy atom. The molecule has 1 aromatic heterocycles. The van der Waals surface area contributed by atoms with Gasteiger partial charge in [-0.05, 0) is 66.5 Å². The summed E-state index contributed by atoms with van der Waals surface area (Å²) in [4.78, 5) is 6.65. The molecule has 1 atom stereocenters. The normalized spacial score (nSPS) is 20.8. The highest BCUT2D eigenvalue weighted by molar-refractivity contribution is 9.10. The first-order valence-corrected chi connectivity index (χ1v) is 7.03. The summed E-state index contributed by atoms with van der Waals surface area (Å²) in [6.07, 6.45) is 4.62. The predicted molar refractivity (Wildman–Crippen MR) is 73.9 cm³/mol. The van der Waals surface area contributed by atoms with Crippen molar-refractivity contribution in [1.82, 2.24) is 15.2 Å². The highest BCUT2D eigenvalue weighted by Crippen LogP contribution is 2.13. The number of hydrogen-bond donors (Lipinski definition) is 1. The molecule has 1 aliphatic rings. The van der Waals surface area contributed by atoms with Gasteiger partial charge >= 0.3 is 0 Å². The minimum Gasteiger partial charge on any atom is -0.316 e. The van der Waals surface area contributed by atoms with Crippen molar-refractivity contribution in [3.8, 4) is 0 Å². The average molecular weight is 298 g/mol. The largest absolute Gasteiger partial charge is 0.316 e. The maximum atomic E-state index is 4.26. The maximum absolute atomic E-state index is 4.26. The molecule has 0 unspecified atom stereocenters. The lowest BCUT2D eigenvalue weighted by molar-refractivity contribution is 0.237. The third-order valence-electron chi connectivity index (χ3n) is 3.21. The highest BCUT2D eigenvalue weighted by Gasteiger charge is 2.14. The summed E-state index contributed by atoms with van der Waals surface area (Å²) in [5.41, 5.74) is 1.28. The van der Waals surface area contributed by atoms with E-state index in [2.05, 4.69) is 44.2 Å². The van der Waals surface area contributed by atoms with Gasteiger partial charge in [-0.25, -0.2) is 4.98 Å². The number of hydrogen-bond acceptors (Lipinski definition) is 3. The molecule has 0 spiro atoms. The lowest BCUT2D eigenvalue weighted by Crippen LogP contribution is -2.36. The van der Waals surface area contributed by atoms with Gasteiger partial charge in [-0.1, -0.05) is 6.07 Å². The van der Waals surface area contributed by atoms with E-state index in [1.807, 2.05) is 12.3 Å². The molecule has 0 radical (unpaired) electrons. The molecule has 1 aliphatic heterocycles. The second-order valence-electron chi connectivity index (χ2n) is 4.90. The Labute approximate surface area is 112 Å². The van der Waals surface area contributed by atoms with Gasteiger partial charge in [-0.3, -0.25) is 0 Å². The third-order valence-corrected chi connectivity index (χ3v) is 3.68. The Bertz CT molecular complexity index is 333. The summed E-state index contributed by atoms with van der Waals surface area (Å²) in [5.74, 6) is 0.803. The van der Waals surface area contributed by atoms with Crippen LogP contribution < -0.4 is 5.32 Å². The van der Waals surface area contributed by atoms with Crippen molar-refractivity contribution in [2.75, 3.05) is 26.7 Å². The smallest absolute Gasteiger partial charge is 0.106 e. The van der Waals surface area contributed by atoms with Crippen LogP contribution in [0.3, 0.4) is 0 Å². The fraction of sp³-hybridized carbons (Fsp3) is 0.615. The Kier molecular flexibility index (Phi) is 4.95. The SMILES string of the molecule is CN(Cc1ccc(Br)nc1)C[C@@H]1CCCNC1. The Balaban J connectivity index is 1.79. The minimum absolute atomic E-state index is 0.803. The van der Waals surface area contributed by atoms with Crippen LogP contribution in [0, 0.1) is 5.92 Å². The average Bonchev–Trinajstić information content (AvgIpc) is 2.33. The van der Waals surface area contributed by atoms with Crippen LogP contribution in [0.25, 0.3) is 0 Å². The second-order valence-corrected chi connectivity index (χ2v) is 5.71. The van der Waals surface area contributed by atoms with Gasteiger partial charge in [0.05, 0.1) is 0 Å². The van der Waals surface area contributed by atoms with Crippen molar-refractivity contribution in [3.63, 3.8) is 0 Å². The molecule has 17 heavy (non-hydrogen) atoms. The van der Waals surface area contributed by atoms with Crippen LogP contribution in [0.4, 0.5) is 0 Å². The van der Waals surface area contributed by atoms with Crippen LogP contribution in [-0.4, -0.2) is 36.6 Å². The molecule has 2 rings (SSSR count). The lowest BCUT2D eigenvalue weighted by atomic mass is 9.99. The van der Waals surface area contributed by atoms with E-state index in [0.717, 1.165) is 17.1 Å². The molecule has 1 aromatic rings. The van der Waals surface area contributed by atoms with E-state index in [1.54, 1.807) is 0 Å². The fourth-order valence-electron chi connectivity index (χ4n) is 2.40. The molecule has 94 valence electrons. The summed E-state index contributed by atoms with van der Waals surface area (Å²) in [6, 6.07) is 4.14. The topological polar surface area (TPSA) is 28.2 Å². The minimum atomic E-state index is 0.803. The van der Waals surface area contributed by atoms with Gasteiger partial charge < -0.3 is 10.2 Å². The molecule has 1 saturated heterocycles. The van der Waals surface area contributed by atoms with Gasteiger partial charge in [0.25, 0.3) is 0 Å². The van der Waals surface area contributed by atoms with Crippen LogP contribution in [0.15, 0.2) is 22.9 Å². The summed E-state index contributed by atoms with van der Waals surface area (Å²) in [6.45, 7) is 4.51. The predicted octanol–water partition coefficient (Wildman–Crippen LogP) is 2.28. The summed E-state index contributed by atoms with van der Waals surface area (Å²) in [7, 11) is 2.19. The van der Waals surface area contributed by atoms with E-state index in [9.17, 15) is 0 Å². The molecular formula is C13H20BrN3. The molecule has 4 heteroatoms. The quantitative estimate of drug-likeness (QED) is 0.864. The summed E-state index contributed by atoms with van der Waals surface area (Å²) >= 11 is 3.36. The van der Waals surface area contributed by atoms with Crippen LogP contribution in [0.5, 0.6) is 0 Å². The maximum Gasteiger partial charge on any atom is 0.106 e. The molecule has 2 heterocycles. The number of aromatic nitrogens is 1. The first kappa shape index (κ1) is 13.0. The van der Waals surface area contributed by atoms with Gasteiger partial charge in [0, 0.05) is 19.3 Å². The first-order chi connectivity index (χ1) is 8.24. The Morgan fingerprint density at radius 1 is 1.53 bits per heavy atom. The number of piperidine rings is 1. The van der Waals surface area contributed by atoms with Crippen molar-refractivity contribution in [2.45, 2.75) is 19.4 Å². The van der Waals surface area contributed by atoms with Gasteiger partial charge in [0.15, 0.2) is 0 Å². The van der Waals surface area contributed by atoms with Crippen molar-refractivity contribution >= 4 is 15.9 Å². The van der Waals surface area contributed by atoms with Crippen molar-refractivity contribution in [2.24, 2.45) is 5.92 Å². The molecule has 1 N–H and O–H groups in total. The monoisotopic (exact) mass is 297 g/mol. The van der Waals surface area contributed by atoms with Gasteiger partial charge in [0.1, 0.15) is 4.60 Å². The zero-order valence-electron chi connectivity index (χ0n) is 10.3. The summed E-state index contributed by atoms with van der Waals surface area (Å²) < 4.78 is 0.903. The molecule has 3 nitrogen and oxygen atoms in total. The molecule has 1 fully saturated rings. The zero-order chi connectivity index (χ0) is 12.1. The Hall–Kier alpha value is -0.450. The van der Waals surface area contributed by atoms with E-state index in [4.69, 9.17) is 0 Å². The van der Waals surface area contributed by atoms with Gasteiger partial charge in [-0.2, -0.15) is 0 Å². The number of nitrogens with zero attached hydrogens (tertiary/aromatic N) is 2. The van der Waals surface area contributed by atoms with Crippen LogP contribution in [-0.2, 0) is 6.54 Å². The number of nitrogens with one attached hydrogen (secondary N) is 1. The number of rotatable bonds is 4. The molecule has 0 bridgehead atoms. The fourth-order valence-corrected chi connectivity index (χ4v) is 2.63. The standard InChI is InChI=1S/C13H20BrN3/c1-17(9-11-3-2-6-15-7-11)10-12-4-5-13(14)16-8-12/h4-5,8,11,15H,2-3,6-7,9-10H2,1H3/t11-/m1/s1. The first-order valence-electron chi connectivity index (χ1n) is 6.24. The number of pyridine rings is 1. The van der Waals surface area contributed by atoms with Crippen LogP contribution in [0.1, 0.15) is 18.4 Å². The lowest BCUT2D eigenvalue weighted by Gasteiger charge is -2.27. The summed E-state index contributed by atoms with van der Waals surface area (Å²) in [5, 5.41) is 3.47. The van der Waals surface area contributed by atoms with Crippen LogP contribution in [0.2, 0.25) is 0 Å². The Morgan fingerprint density at radius 2 is 2.41 bits per heavy atom. The second kappa shape index (κ2) is 6.47. The molecule has 0 saturated carbocycles. The molecule has 0 aromatic carbocycles. The highest BCUT2D eigenvalue weighted by atomic mass is 79.9. The number of halogens is 1. The van der Waals surface area contributed by atoms with Crippen LogP contribution >= 0.6 is 15.9 Å². The third kappa shape index (κ3) is 4.37. The van der Waals surface area contributed by atoms with Crippen molar-refractivity contribution in [3.05, 3.63) is 28.5 Å². The van der Waals surface area contributed by atoms with E-state index in [1.165, 1.54) is 38.0 Å². The van der Waals surface area contributed by atoms with E-state index >= 15 is 0 Å². The van der Waals surface area contributed by atoms with E-state index in [0.29, 0.717) is 0 Å². The molecule has 0 amide bonds. The van der Waals surface area contributed by atoms with Crippen molar-refractivity contribution < 1.29 is 0 Å². The molecule has 0 aliphatic carbocycles. The van der Waals surface area contributed by atoms with Gasteiger partial charge in [0.2, 0.25) is 0 Å². The van der Waals surface area contributed by atoms with E-state index in [-0.39, 0.29) is 0 Å². The van der Waals surface area contributed by atoms with Gasteiger partial charge in [-0.15, -0.1) is 0 Å². The van der Waals surface area contributed by atoms with Crippen molar-refractivity contribution in [1.29, 1.82) is 0 Å². The zero-order valence-corrected chi connectivity index (χ0v) is 11.9. The molecular weight excluding hydrogens is 278 g/mol.